The summed E-state index contributed by atoms with van der Waals surface area (Å²) in [5, 5.41) is 8.87. The van der Waals surface area contributed by atoms with E-state index in [0.717, 1.165) is 23.2 Å². The van der Waals surface area contributed by atoms with Crippen molar-refractivity contribution in [2.45, 2.75) is 32.6 Å². The lowest BCUT2D eigenvalue weighted by molar-refractivity contribution is 0.661. The van der Waals surface area contributed by atoms with E-state index in [2.05, 4.69) is 35.1 Å². The number of unbranched alkanes of at least 4 members (excludes halogenated alkanes) is 3. The first-order valence-corrected chi connectivity index (χ1v) is 9.48. The van der Waals surface area contributed by atoms with Crippen LogP contribution in [0.25, 0.3) is 22.0 Å². The topological polar surface area (TPSA) is 49.0 Å². The summed E-state index contributed by atoms with van der Waals surface area (Å²) in [6.07, 6.45) is 4.94. The second-order valence-electron chi connectivity index (χ2n) is 6.59. The van der Waals surface area contributed by atoms with E-state index in [0.29, 0.717) is 16.1 Å². The van der Waals surface area contributed by atoms with Gasteiger partial charge in [-0.2, -0.15) is 5.10 Å². The third-order valence-corrected chi connectivity index (χ3v) is 5.00. The molecule has 0 radical (unpaired) electrons. The predicted molar refractivity (Wildman–Crippen MR) is 110 cm³/mol. The molecular weight excluding hydrogens is 346 g/mol. The van der Waals surface area contributed by atoms with Crippen molar-refractivity contribution in [3.63, 3.8) is 0 Å². The lowest BCUT2D eigenvalue weighted by atomic mass is 10.0. The lowest BCUT2D eigenvalue weighted by Crippen LogP contribution is -2.18. The van der Waals surface area contributed by atoms with E-state index in [1.54, 1.807) is 6.07 Å². The molecule has 4 nitrogen and oxygen atoms in total. The summed E-state index contributed by atoms with van der Waals surface area (Å²) in [6, 6.07) is 13.5. The zero-order valence-corrected chi connectivity index (χ0v) is 16.0. The van der Waals surface area contributed by atoms with Crippen LogP contribution in [-0.4, -0.2) is 23.8 Å². The van der Waals surface area contributed by atoms with Crippen LogP contribution in [0.4, 0.5) is 5.69 Å². The molecule has 0 amide bonds. The average molecular weight is 370 g/mol. The van der Waals surface area contributed by atoms with Gasteiger partial charge in [-0.1, -0.05) is 56.0 Å². The van der Waals surface area contributed by atoms with Gasteiger partial charge in [0.2, 0.25) is 0 Å². The average Bonchev–Trinajstić information content (AvgIpc) is 2.66. The van der Waals surface area contributed by atoms with Crippen LogP contribution < -0.4 is 10.5 Å². The molecule has 0 fully saturated rings. The number of aromatic amines is 1. The van der Waals surface area contributed by atoms with Gasteiger partial charge in [-0.05, 0) is 30.7 Å². The summed E-state index contributed by atoms with van der Waals surface area (Å²) in [4.78, 5) is 14.2. The van der Waals surface area contributed by atoms with Crippen molar-refractivity contribution in [1.29, 1.82) is 0 Å². The molecule has 5 heteroatoms. The highest BCUT2D eigenvalue weighted by molar-refractivity contribution is 6.34. The van der Waals surface area contributed by atoms with Gasteiger partial charge in [0.25, 0.3) is 5.56 Å². The molecule has 3 aromatic rings. The minimum Gasteiger partial charge on any atom is -0.375 e. The number of halogens is 1. The molecule has 3 rings (SSSR count). The number of fused-ring (bicyclic) bond motifs is 1. The van der Waals surface area contributed by atoms with E-state index in [9.17, 15) is 4.79 Å². The Balaban J connectivity index is 1.89. The van der Waals surface area contributed by atoms with Gasteiger partial charge >= 0.3 is 0 Å². The number of hydrogen-bond donors (Lipinski definition) is 1. The van der Waals surface area contributed by atoms with E-state index in [4.69, 9.17) is 11.6 Å². The number of anilines is 1. The summed E-state index contributed by atoms with van der Waals surface area (Å²) in [5.74, 6) is 0. The van der Waals surface area contributed by atoms with Gasteiger partial charge in [-0.25, -0.2) is 5.10 Å². The van der Waals surface area contributed by atoms with Gasteiger partial charge in [0.15, 0.2) is 0 Å². The number of rotatable bonds is 7. The Morgan fingerprint density at radius 2 is 1.85 bits per heavy atom. The first-order chi connectivity index (χ1) is 12.6. The summed E-state index contributed by atoms with van der Waals surface area (Å²) < 4.78 is 0. The summed E-state index contributed by atoms with van der Waals surface area (Å²) in [7, 11) is 2.09. The normalized spacial score (nSPS) is 11.0. The Labute approximate surface area is 158 Å². The molecule has 0 atom stereocenters. The van der Waals surface area contributed by atoms with E-state index < -0.39 is 0 Å². The SMILES string of the molecule is CCCCCCN(C)c1ccc(-c2n[nH]c(=O)c3ccccc23)c(Cl)c1. The largest absolute Gasteiger partial charge is 0.375 e. The third kappa shape index (κ3) is 3.91. The maximum Gasteiger partial charge on any atom is 0.272 e. The van der Waals surface area contributed by atoms with Gasteiger partial charge in [0, 0.05) is 30.2 Å². The fraction of sp³-hybridized carbons (Fsp3) is 0.333. The summed E-state index contributed by atoms with van der Waals surface area (Å²) >= 11 is 6.57. The van der Waals surface area contributed by atoms with Crippen molar-refractivity contribution in [3.8, 4) is 11.3 Å². The molecule has 0 saturated heterocycles. The Morgan fingerprint density at radius 3 is 2.58 bits per heavy atom. The van der Waals surface area contributed by atoms with Gasteiger partial charge in [-0.15, -0.1) is 0 Å². The number of H-pyrrole nitrogens is 1. The second kappa shape index (κ2) is 8.37. The zero-order valence-electron chi connectivity index (χ0n) is 15.3. The number of benzene rings is 2. The Bertz CT molecular complexity index is 951. The van der Waals surface area contributed by atoms with Gasteiger partial charge in [0.05, 0.1) is 10.4 Å². The predicted octanol–water partition coefficient (Wildman–Crippen LogP) is 5.26. The van der Waals surface area contributed by atoms with Crippen molar-refractivity contribution < 1.29 is 0 Å². The monoisotopic (exact) mass is 369 g/mol. The molecule has 1 aromatic heterocycles. The van der Waals surface area contributed by atoms with Crippen LogP contribution >= 0.6 is 11.6 Å². The van der Waals surface area contributed by atoms with Crippen molar-refractivity contribution >= 4 is 28.1 Å². The Hall–Kier alpha value is -2.33. The van der Waals surface area contributed by atoms with Crippen LogP contribution in [0.3, 0.4) is 0 Å². The molecule has 1 N–H and O–H groups in total. The molecule has 0 aliphatic heterocycles. The minimum absolute atomic E-state index is 0.191. The molecular formula is C21H24ClN3O. The molecule has 0 spiro atoms. The van der Waals surface area contributed by atoms with Crippen molar-refractivity contribution in [2.75, 3.05) is 18.5 Å². The highest BCUT2D eigenvalue weighted by Gasteiger charge is 2.13. The first-order valence-electron chi connectivity index (χ1n) is 9.10. The third-order valence-electron chi connectivity index (χ3n) is 4.69. The molecule has 136 valence electrons. The van der Waals surface area contributed by atoms with Crippen molar-refractivity contribution in [3.05, 3.63) is 57.8 Å². The van der Waals surface area contributed by atoms with Gasteiger partial charge < -0.3 is 4.90 Å². The molecule has 0 saturated carbocycles. The fourth-order valence-corrected chi connectivity index (χ4v) is 3.42. The van der Waals surface area contributed by atoms with Crippen LogP contribution in [0.15, 0.2) is 47.3 Å². The minimum atomic E-state index is -0.191. The molecule has 0 aliphatic carbocycles. The van der Waals surface area contributed by atoms with E-state index >= 15 is 0 Å². The van der Waals surface area contributed by atoms with Crippen LogP contribution in [-0.2, 0) is 0 Å². The van der Waals surface area contributed by atoms with Crippen LogP contribution in [0, 0.1) is 0 Å². The van der Waals surface area contributed by atoms with Crippen LogP contribution in [0.5, 0.6) is 0 Å². The maximum atomic E-state index is 12.0. The van der Waals surface area contributed by atoms with Gasteiger partial charge in [-0.3, -0.25) is 4.79 Å². The second-order valence-corrected chi connectivity index (χ2v) is 7.00. The van der Waals surface area contributed by atoms with Crippen molar-refractivity contribution in [2.24, 2.45) is 0 Å². The molecule has 0 unspecified atom stereocenters. The standard InChI is InChI=1S/C21H24ClN3O/c1-3-4-5-8-13-25(2)15-11-12-18(19(22)14-15)20-16-9-6-7-10-17(16)21(26)24-23-20/h6-7,9-12,14H,3-5,8,13H2,1-2H3,(H,24,26). The van der Waals surface area contributed by atoms with Crippen molar-refractivity contribution in [1.82, 2.24) is 10.2 Å². The summed E-state index contributed by atoms with van der Waals surface area (Å²) in [6.45, 7) is 3.23. The zero-order chi connectivity index (χ0) is 18.5. The molecule has 1 heterocycles. The fourth-order valence-electron chi connectivity index (χ4n) is 3.16. The van der Waals surface area contributed by atoms with E-state index in [1.807, 2.05) is 30.3 Å². The maximum absolute atomic E-state index is 12.0. The summed E-state index contributed by atoms with van der Waals surface area (Å²) in [5.41, 5.74) is 2.41. The number of aromatic nitrogens is 2. The van der Waals surface area contributed by atoms with E-state index in [1.165, 1.54) is 25.7 Å². The van der Waals surface area contributed by atoms with Gasteiger partial charge in [0.1, 0.15) is 5.69 Å². The molecule has 0 aliphatic rings. The first kappa shape index (κ1) is 18.5. The molecule has 0 bridgehead atoms. The number of nitrogens with one attached hydrogen (secondary N) is 1. The number of nitrogens with zero attached hydrogens (tertiary/aromatic N) is 2. The van der Waals surface area contributed by atoms with E-state index in [-0.39, 0.29) is 5.56 Å². The smallest absolute Gasteiger partial charge is 0.272 e. The highest BCUT2D eigenvalue weighted by atomic mass is 35.5. The Morgan fingerprint density at radius 1 is 1.08 bits per heavy atom. The number of hydrogen-bond acceptors (Lipinski definition) is 3. The molecule has 26 heavy (non-hydrogen) atoms. The molecule has 2 aromatic carbocycles. The Kier molecular flexibility index (Phi) is 5.94. The quantitative estimate of drug-likeness (QED) is 0.578. The lowest BCUT2D eigenvalue weighted by Gasteiger charge is -2.20. The highest BCUT2D eigenvalue weighted by Crippen LogP contribution is 2.33. The van der Waals surface area contributed by atoms with Crippen LogP contribution in [0.2, 0.25) is 5.02 Å². The van der Waals surface area contributed by atoms with Crippen LogP contribution in [0.1, 0.15) is 32.6 Å².